The summed E-state index contributed by atoms with van der Waals surface area (Å²) in [7, 11) is 4.96. The van der Waals surface area contributed by atoms with E-state index in [0.717, 1.165) is 59.5 Å². The second kappa shape index (κ2) is 10.7. The summed E-state index contributed by atoms with van der Waals surface area (Å²) < 4.78 is 16.8. The molecule has 0 N–H and O–H groups in total. The number of methoxy groups -OCH3 is 3. The number of carbonyl (C=O) groups is 2. The minimum Gasteiger partial charge on any atom is -0.493 e. The van der Waals surface area contributed by atoms with E-state index >= 15 is 0 Å². The van der Waals surface area contributed by atoms with Crippen LogP contribution in [-0.4, -0.2) is 50.9 Å². The Morgan fingerprint density at radius 3 is 1.97 bits per heavy atom. The van der Waals surface area contributed by atoms with Crippen LogP contribution in [0.25, 0.3) is 0 Å². The van der Waals surface area contributed by atoms with Gasteiger partial charge in [-0.25, -0.2) is 0 Å². The molecule has 2 aliphatic carbocycles. The molecule has 0 unspecified atom stereocenters. The summed E-state index contributed by atoms with van der Waals surface area (Å²) in [6.07, 6.45) is 5.73. The van der Waals surface area contributed by atoms with Gasteiger partial charge in [-0.05, 0) is 48.1 Å². The third-order valence-corrected chi connectivity index (χ3v) is 8.03. The van der Waals surface area contributed by atoms with E-state index in [4.69, 9.17) is 14.2 Å². The lowest BCUT2D eigenvalue weighted by Crippen LogP contribution is -2.44. The third kappa shape index (κ3) is 5.20. The van der Waals surface area contributed by atoms with Crippen molar-refractivity contribution in [2.45, 2.75) is 72.1 Å². The Morgan fingerprint density at radius 2 is 1.50 bits per heavy atom. The maximum atomic E-state index is 14.0. The molecule has 4 rings (SSSR count). The number of allylic oxidation sites excluding steroid dienone is 5. The van der Waals surface area contributed by atoms with Crippen molar-refractivity contribution in [3.05, 3.63) is 58.5 Å². The van der Waals surface area contributed by atoms with E-state index in [1.54, 1.807) is 21.3 Å². The average molecular weight is 522 g/mol. The molecule has 0 fully saturated rings. The number of ketones is 2. The lowest BCUT2D eigenvalue weighted by Gasteiger charge is -2.49. The minimum atomic E-state index is -0.422. The fourth-order valence-corrected chi connectivity index (χ4v) is 6.56. The van der Waals surface area contributed by atoms with Crippen LogP contribution < -0.4 is 9.47 Å². The van der Waals surface area contributed by atoms with Crippen LogP contribution in [0.1, 0.15) is 76.8 Å². The van der Waals surface area contributed by atoms with Crippen molar-refractivity contribution in [2.24, 2.45) is 10.8 Å². The van der Waals surface area contributed by atoms with Gasteiger partial charge in [-0.15, -0.1) is 6.58 Å². The van der Waals surface area contributed by atoms with E-state index in [-0.39, 0.29) is 22.4 Å². The van der Waals surface area contributed by atoms with Gasteiger partial charge >= 0.3 is 0 Å². The highest BCUT2D eigenvalue weighted by Crippen LogP contribution is 2.55. The molecule has 206 valence electrons. The van der Waals surface area contributed by atoms with Crippen molar-refractivity contribution in [1.82, 2.24) is 4.90 Å². The van der Waals surface area contributed by atoms with Gasteiger partial charge in [-0.1, -0.05) is 39.8 Å². The van der Waals surface area contributed by atoms with Crippen LogP contribution in [0.15, 0.2) is 47.3 Å². The number of benzene rings is 1. The van der Waals surface area contributed by atoms with Crippen LogP contribution in [0.5, 0.6) is 11.5 Å². The second-order valence-electron chi connectivity index (χ2n) is 12.4. The highest BCUT2D eigenvalue weighted by molar-refractivity contribution is 6.06. The molecule has 1 heterocycles. The average Bonchev–Trinajstić information content (AvgIpc) is 2.82. The van der Waals surface area contributed by atoms with Crippen molar-refractivity contribution in [2.75, 3.05) is 34.5 Å². The van der Waals surface area contributed by atoms with Crippen molar-refractivity contribution >= 4 is 11.6 Å². The van der Waals surface area contributed by atoms with E-state index in [2.05, 4.69) is 45.2 Å². The number of carbonyl (C=O) groups excluding carboxylic acids is 2. The molecule has 0 radical (unpaired) electrons. The van der Waals surface area contributed by atoms with Gasteiger partial charge in [0.2, 0.25) is 0 Å². The highest BCUT2D eigenvalue weighted by atomic mass is 16.5. The normalized spacial score (nSPS) is 20.9. The number of hydrogen-bond acceptors (Lipinski definition) is 6. The third-order valence-electron chi connectivity index (χ3n) is 8.03. The van der Waals surface area contributed by atoms with Crippen molar-refractivity contribution in [3.8, 4) is 11.5 Å². The van der Waals surface area contributed by atoms with Gasteiger partial charge in [-0.3, -0.25) is 9.59 Å². The summed E-state index contributed by atoms with van der Waals surface area (Å²) in [4.78, 5) is 30.3. The van der Waals surface area contributed by atoms with E-state index in [0.29, 0.717) is 37.4 Å². The molecule has 0 bridgehead atoms. The standard InChI is InChI=1S/C32H43NO5/c1-9-11-20-14-21(15-26(37-7)30(20)38-8)27-28-22(16-31(2,3)18-24(28)34)33(12-10-13-36-6)23-17-32(4,5)19-25(35)29(23)27/h9,14-15,27H,1,10-13,16-19H2,2-8H3. The van der Waals surface area contributed by atoms with E-state index in [9.17, 15) is 9.59 Å². The number of nitrogens with zero attached hydrogens (tertiary/aromatic N) is 1. The van der Waals surface area contributed by atoms with E-state index < -0.39 is 5.92 Å². The predicted molar refractivity (Wildman–Crippen MR) is 149 cm³/mol. The molecular formula is C32H43NO5. The first kappa shape index (κ1) is 28.2. The van der Waals surface area contributed by atoms with Gasteiger partial charge in [0.15, 0.2) is 23.1 Å². The number of rotatable bonds is 9. The lowest BCUT2D eigenvalue weighted by atomic mass is 9.63. The molecule has 38 heavy (non-hydrogen) atoms. The fraction of sp³-hybridized carbons (Fsp3) is 0.562. The van der Waals surface area contributed by atoms with Crippen LogP contribution in [0.3, 0.4) is 0 Å². The first-order valence-electron chi connectivity index (χ1n) is 13.6. The Kier molecular flexibility index (Phi) is 7.94. The molecule has 1 aromatic rings. The molecule has 3 aliphatic rings. The molecule has 1 aliphatic heterocycles. The van der Waals surface area contributed by atoms with Crippen LogP contribution in [0.2, 0.25) is 0 Å². The molecule has 0 amide bonds. The Morgan fingerprint density at radius 1 is 0.921 bits per heavy atom. The monoisotopic (exact) mass is 521 g/mol. The molecule has 6 nitrogen and oxygen atoms in total. The van der Waals surface area contributed by atoms with Gasteiger partial charge in [0, 0.05) is 67.1 Å². The van der Waals surface area contributed by atoms with Gasteiger partial charge in [0.05, 0.1) is 14.2 Å². The van der Waals surface area contributed by atoms with Crippen molar-refractivity contribution in [1.29, 1.82) is 0 Å². The largest absolute Gasteiger partial charge is 0.493 e. The zero-order valence-corrected chi connectivity index (χ0v) is 24.2. The van der Waals surface area contributed by atoms with Crippen LogP contribution in [0.4, 0.5) is 0 Å². The summed E-state index contributed by atoms with van der Waals surface area (Å²) in [5.41, 5.74) is 5.19. The van der Waals surface area contributed by atoms with Crippen molar-refractivity contribution in [3.63, 3.8) is 0 Å². The number of ether oxygens (including phenoxy) is 3. The molecule has 1 aromatic carbocycles. The summed E-state index contributed by atoms with van der Waals surface area (Å²) in [6, 6.07) is 4.02. The fourth-order valence-electron chi connectivity index (χ4n) is 6.56. The summed E-state index contributed by atoms with van der Waals surface area (Å²) in [5.74, 6) is 1.09. The maximum Gasteiger partial charge on any atom is 0.164 e. The number of Topliss-reactive ketones (excluding diaryl/α,β-unsaturated/α-hetero) is 2. The van der Waals surface area contributed by atoms with Gasteiger partial charge in [0.1, 0.15) is 0 Å². The minimum absolute atomic E-state index is 0.127. The molecule has 6 heteroatoms. The smallest absolute Gasteiger partial charge is 0.164 e. The zero-order chi connectivity index (χ0) is 27.8. The predicted octanol–water partition coefficient (Wildman–Crippen LogP) is 6.15. The van der Waals surface area contributed by atoms with Crippen LogP contribution in [-0.2, 0) is 20.7 Å². The zero-order valence-electron chi connectivity index (χ0n) is 24.2. The molecular weight excluding hydrogens is 478 g/mol. The van der Waals surface area contributed by atoms with Crippen molar-refractivity contribution < 1.29 is 23.8 Å². The summed E-state index contributed by atoms with van der Waals surface area (Å²) in [6.45, 7) is 13.9. The molecule has 0 spiro atoms. The topological polar surface area (TPSA) is 65.1 Å². The summed E-state index contributed by atoms with van der Waals surface area (Å²) in [5, 5.41) is 0. The highest BCUT2D eigenvalue weighted by Gasteiger charge is 2.49. The Bertz CT molecular complexity index is 1150. The quantitative estimate of drug-likeness (QED) is 0.287. The maximum absolute atomic E-state index is 14.0. The first-order valence-corrected chi connectivity index (χ1v) is 13.6. The van der Waals surface area contributed by atoms with E-state index in [1.165, 1.54) is 0 Å². The molecule has 0 atom stereocenters. The number of hydrogen-bond donors (Lipinski definition) is 0. The Balaban J connectivity index is 2.01. The van der Waals surface area contributed by atoms with Gasteiger partial charge < -0.3 is 19.1 Å². The molecule has 0 saturated heterocycles. The van der Waals surface area contributed by atoms with E-state index in [1.807, 2.05) is 12.1 Å². The van der Waals surface area contributed by atoms with Gasteiger partial charge in [-0.2, -0.15) is 0 Å². The Labute approximate surface area is 227 Å². The SMILES string of the molecule is C=CCc1cc(C2C3=C(CC(C)(C)CC3=O)N(CCCOC)C3=C2C(=O)CC(C)(C)C3)cc(OC)c1OC. The lowest BCUT2D eigenvalue weighted by molar-refractivity contribution is -0.119. The summed E-state index contributed by atoms with van der Waals surface area (Å²) >= 11 is 0. The van der Waals surface area contributed by atoms with Gasteiger partial charge in [0.25, 0.3) is 0 Å². The molecule has 0 aromatic heterocycles. The first-order chi connectivity index (χ1) is 18.0. The molecule has 0 saturated carbocycles. The Hall–Kier alpha value is -2.86. The van der Waals surface area contributed by atoms with Crippen LogP contribution >= 0.6 is 0 Å². The second-order valence-corrected chi connectivity index (χ2v) is 12.4. The van der Waals surface area contributed by atoms with Crippen LogP contribution in [0, 0.1) is 10.8 Å².